The van der Waals surface area contributed by atoms with Crippen LogP contribution in [0.5, 0.6) is 0 Å². The van der Waals surface area contributed by atoms with Gasteiger partial charge in [0.25, 0.3) is 0 Å². The van der Waals surface area contributed by atoms with E-state index in [4.69, 9.17) is 5.73 Å². The predicted molar refractivity (Wildman–Crippen MR) is 118 cm³/mol. The fraction of sp³-hybridized carbons (Fsp3) is 0.136. The van der Waals surface area contributed by atoms with Gasteiger partial charge in [-0.1, -0.05) is 60.7 Å². The zero-order valence-corrected chi connectivity index (χ0v) is 15.6. The molecule has 3 rings (SSSR count). The fourth-order valence-electron chi connectivity index (χ4n) is 2.74. The van der Waals surface area contributed by atoms with Gasteiger partial charge in [0, 0.05) is 18.7 Å². The minimum absolute atomic E-state index is 0.597. The van der Waals surface area contributed by atoms with Gasteiger partial charge in [0.05, 0.1) is 24.8 Å². The van der Waals surface area contributed by atoms with Crippen LogP contribution >= 0.6 is 0 Å². The standard InChI is InChI=1S/C22H24N6/c23-16-25-17-24-11-12-26-21-15-28-22(27-14-18-7-3-1-4-8-18)13-20(21)19-9-5-2-6-10-19/h1-10,13,15-17,26H,11-12,14H2,(H,27,28)(H2,23,24,25). The monoisotopic (exact) mass is 372 g/mol. The molecule has 0 unspecified atom stereocenters. The van der Waals surface area contributed by atoms with Crippen molar-refractivity contribution in [1.29, 1.82) is 0 Å². The molecule has 0 aliphatic carbocycles. The molecule has 0 bridgehead atoms. The molecule has 0 aliphatic heterocycles. The molecular formula is C22H24N6. The summed E-state index contributed by atoms with van der Waals surface area (Å²) in [7, 11) is 0. The van der Waals surface area contributed by atoms with Crippen molar-refractivity contribution in [3.05, 3.63) is 78.5 Å². The van der Waals surface area contributed by atoms with Crippen LogP contribution in [0.3, 0.4) is 0 Å². The van der Waals surface area contributed by atoms with Crippen molar-refractivity contribution in [2.75, 3.05) is 23.7 Å². The van der Waals surface area contributed by atoms with Gasteiger partial charge in [0.1, 0.15) is 12.2 Å². The largest absolute Gasteiger partial charge is 0.390 e. The van der Waals surface area contributed by atoms with Crippen LogP contribution in [-0.4, -0.2) is 30.8 Å². The molecule has 142 valence electrons. The van der Waals surface area contributed by atoms with E-state index in [1.807, 2.05) is 42.6 Å². The van der Waals surface area contributed by atoms with Gasteiger partial charge in [-0.3, -0.25) is 4.99 Å². The number of anilines is 2. The molecule has 0 atom stereocenters. The second-order valence-electron chi connectivity index (χ2n) is 6.07. The number of aliphatic imine (C=N–C) groups is 2. The van der Waals surface area contributed by atoms with Crippen LogP contribution in [0, 0.1) is 0 Å². The number of nitrogens with two attached hydrogens (primary N) is 1. The molecule has 6 nitrogen and oxygen atoms in total. The molecule has 0 radical (unpaired) electrons. The second kappa shape index (κ2) is 10.5. The summed E-state index contributed by atoms with van der Waals surface area (Å²) >= 11 is 0. The third-order valence-electron chi connectivity index (χ3n) is 4.10. The summed E-state index contributed by atoms with van der Waals surface area (Å²) in [6, 6.07) is 22.6. The van der Waals surface area contributed by atoms with Gasteiger partial charge < -0.3 is 16.4 Å². The Hall–Kier alpha value is -3.67. The fourth-order valence-corrected chi connectivity index (χ4v) is 2.74. The highest BCUT2D eigenvalue weighted by molar-refractivity contribution is 5.79. The molecule has 0 saturated carbocycles. The van der Waals surface area contributed by atoms with Gasteiger partial charge in [-0.15, -0.1) is 0 Å². The Morgan fingerprint density at radius 3 is 2.46 bits per heavy atom. The predicted octanol–water partition coefficient (Wildman–Crippen LogP) is 3.79. The highest BCUT2D eigenvalue weighted by Gasteiger charge is 2.07. The van der Waals surface area contributed by atoms with Gasteiger partial charge in [0.15, 0.2) is 0 Å². The van der Waals surface area contributed by atoms with Crippen LogP contribution in [-0.2, 0) is 6.54 Å². The van der Waals surface area contributed by atoms with E-state index in [-0.39, 0.29) is 0 Å². The maximum atomic E-state index is 5.18. The lowest BCUT2D eigenvalue weighted by Crippen LogP contribution is -2.08. The third kappa shape index (κ3) is 5.67. The zero-order chi connectivity index (χ0) is 19.4. The van der Waals surface area contributed by atoms with Crippen LogP contribution < -0.4 is 16.4 Å². The number of pyridine rings is 1. The molecule has 1 heterocycles. The summed E-state index contributed by atoms with van der Waals surface area (Å²) in [6.45, 7) is 2.00. The van der Waals surface area contributed by atoms with E-state index in [0.29, 0.717) is 13.1 Å². The lowest BCUT2D eigenvalue weighted by Gasteiger charge is -2.14. The quantitative estimate of drug-likeness (QED) is 0.303. The molecular weight excluding hydrogens is 348 g/mol. The summed E-state index contributed by atoms with van der Waals surface area (Å²) in [5.41, 5.74) is 9.59. The smallest absolute Gasteiger partial charge is 0.126 e. The first-order valence-electron chi connectivity index (χ1n) is 9.15. The molecule has 3 aromatic rings. The molecule has 0 aliphatic rings. The molecule has 4 N–H and O–H groups in total. The van der Waals surface area contributed by atoms with Crippen LogP contribution in [0.25, 0.3) is 11.1 Å². The number of hydrogen-bond donors (Lipinski definition) is 3. The Morgan fingerprint density at radius 1 is 0.964 bits per heavy atom. The average molecular weight is 372 g/mol. The molecule has 2 aromatic carbocycles. The van der Waals surface area contributed by atoms with Gasteiger partial charge in [-0.25, -0.2) is 9.98 Å². The zero-order valence-electron chi connectivity index (χ0n) is 15.6. The molecule has 0 amide bonds. The third-order valence-corrected chi connectivity index (χ3v) is 4.10. The molecule has 6 heteroatoms. The van der Waals surface area contributed by atoms with E-state index in [1.165, 1.54) is 18.2 Å². The maximum Gasteiger partial charge on any atom is 0.126 e. The van der Waals surface area contributed by atoms with Crippen molar-refractivity contribution >= 4 is 24.2 Å². The second-order valence-corrected chi connectivity index (χ2v) is 6.07. The highest BCUT2D eigenvalue weighted by atomic mass is 15.0. The Kier molecular flexibility index (Phi) is 7.14. The van der Waals surface area contributed by atoms with Crippen molar-refractivity contribution < 1.29 is 0 Å². The van der Waals surface area contributed by atoms with Gasteiger partial charge in [0.2, 0.25) is 0 Å². The molecule has 0 saturated heterocycles. The molecule has 28 heavy (non-hydrogen) atoms. The summed E-state index contributed by atoms with van der Waals surface area (Å²) < 4.78 is 0. The summed E-state index contributed by atoms with van der Waals surface area (Å²) in [6.07, 6.45) is 4.53. The SMILES string of the molecule is NC=NC=NCCNc1cnc(NCc2ccccc2)cc1-c1ccccc1. The number of nitrogens with one attached hydrogen (secondary N) is 2. The van der Waals surface area contributed by atoms with E-state index in [9.17, 15) is 0 Å². The topological polar surface area (TPSA) is 87.7 Å². The maximum absolute atomic E-state index is 5.18. The normalized spacial score (nSPS) is 11.1. The van der Waals surface area contributed by atoms with Gasteiger partial charge in [-0.05, 0) is 17.2 Å². The summed E-state index contributed by atoms with van der Waals surface area (Å²) in [5.74, 6) is 0.837. The number of hydrogen-bond acceptors (Lipinski definition) is 4. The first-order chi connectivity index (χ1) is 13.9. The Bertz CT molecular complexity index is 907. The minimum atomic E-state index is 0.597. The van der Waals surface area contributed by atoms with Crippen molar-refractivity contribution in [2.45, 2.75) is 6.54 Å². The minimum Gasteiger partial charge on any atom is -0.390 e. The molecule has 0 spiro atoms. The van der Waals surface area contributed by atoms with E-state index in [2.05, 4.69) is 55.9 Å². The van der Waals surface area contributed by atoms with Crippen molar-refractivity contribution in [3.8, 4) is 11.1 Å². The first kappa shape index (κ1) is 19.1. The van der Waals surface area contributed by atoms with Crippen LogP contribution in [0.15, 0.2) is 82.9 Å². The van der Waals surface area contributed by atoms with Crippen molar-refractivity contribution in [1.82, 2.24) is 4.98 Å². The number of rotatable bonds is 9. The van der Waals surface area contributed by atoms with Crippen LogP contribution in [0.1, 0.15) is 5.56 Å². The number of benzene rings is 2. The highest BCUT2D eigenvalue weighted by Crippen LogP contribution is 2.29. The van der Waals surface area contributed by atoms with E-state index < -0.39 is 0 Å². The van der Waals surface area contributed by atoms with Crippen LogP contribution in [0.4, 0.5) is 11.5 Å². The van der Waals surface area contributed by atoms with Crippen molar-refractivity contribution in [3.63, 3.8) is 0 Å². The Morgan fingerprint density at radius 2 is 1.71 bits per heavy atom. The Labute approximate surface area is 165 Å². The first-order valence-corrected chi connectivity index (χ1v) is 9.15. The van der Waals surface area contributed by atoms with Gasteiger partial charge in [-0.2, -0.15) is 0 Å². The summed E-state index contributed by atoms with van der Waals surface area (Å²) in [4.78, 5) is 12.5. The van der Waals surface area contributed by atoms with E-state index in [0.717, 1.165) is 29.2 Å². The van der Waals surface area contributed by atoms with Crippen LogP contribution in [0.2, 0.25) is 0 Å². The molecule has 1 aromatic heterocycles. The average Bonchev–Trinajstić information content (AvgIpc) is 2.76. The van der Waals surface area contributed by atoms with E-state index >= 15 is 0 Å². The molecule has 0 fully saturated rings. The lowest BCUT2D eigenvalue weighted by atomic mass is 10.1. The lowest BCUT2D eigenvalue weighted by molar-refractivity contribution is 1.02. The number of aromatic nitrogens is 1. The number of nitrogens with zero attached hydrogens (tertiary/aromatic N) is 3. The van der Waals surface area contributed by atoms with Crippen molar-refractivity contribution in [2.24, 2.45) is 15.7 Å². The van der Waals surface area contributed by atoms with E-state index in [1.54, 1.807) is 0 Å². The summed E-state index contributed by atoms with van der Waals surface area (Å²) in [5, 5.41) is 6.80. The van der Waals surface area contributed by atoms with Gasteiger partial charge >= 0.3 is 0 Å². The Balaban J connectivity index is 1.73.